The van der Waals surface area contributed by atoms with Crippen molar-refractivity contribution in [1.29, 1.82) is 0 Å². The topological polar surface area (TPSA) is 12.0 Å². The minimum atomic E-state index is 0.405. The molecule has 2 unspecified atom stereocenters. The Bertz CT molecular complexity index is 467. The van der Waals surface area contributed by atoms with E-state index in [-0.39, 0.29) is 0 Å². The first-order chi connectivity index (χ1) is 8.20. The molecule has 90 valence electrons. The van der Waals surface area contributed by atoms with Crippen LogP contribution in [0.25, 0.3) is 10.1 Å². The molecule has 1 aromatic carbocycles. The number of hydrogen-bond acceptors (Lipinski definition) is 2. The zero-order valence-electron chi connectivity index (χ0n) is 10.4. The molecule has 0 saturated carbocycles. The fourth-order valence-corrected chi connectivity index (χ4v) is 3.12. The van der Waals surface area contributed by atoms with Crippen molar-refractivity contribution in [3.05, 3.63) is 47.9 Å². The normalized spacial score (nSPS) is 14.7. The average Bonchev–Trinajstić information content (AvgIpc) is 2.72. The van der Waals surface area contributed by atoms with Gasteiger partial charge in [0, 0.05) is 21.7 Å². The molecule has 2 heteroatoms. The van der Waals surface area contributed by atoms with Crippen molar-refractivity contribution in [2.75, 3.05) is 0 Å². The van der Waals surface area contributed by atoms with Gasteiger partial charge >= 0.3 is 0 Å². The van der Waals surface area contributed by atoms with E-state index in [0.717, 1.165) is 6.42 Å². The lowest BCUT2D eigenvalue weighted by Gasteiger charge is -2.17. The van der Waals surface area contributed by atoms with E-state index in [4.69, 9.17) is 0 Å². The molecule has 2 aromatic rings. The lowest BCUT2D eigenvalue weighted by Crippen LogP contribution is -2.27. The quantitative estimate of drug-likeness (QED) is 0.764. The Hall–Kier alpha value is -1.12. The van der Waals surface area contributed by atoms with Crippen LogP contribution in [0.4, 0.5) is 0 Å². The molecule has 0 spiro atoms. The highest BCUT2D eigenvalue weighted by Gasteiger charge is 2.11. The van der Waals surface area contributed by atoms with Crippen molar-refractivity contribution in [3.8, 4) is 0 Å². The Kier molecular flexibility index (Phi) is 3.97. The molecular weight excluding hydrogens is 226 g/mol. The van der Waals surface area contributed by atoms with E-state index in [9.17, 15) is 0 Å². The molecule has 0 fully saturated rings. The van der Waals surface area contributed by atoms with Gasteiger partial charge in [-0.1, -0.05) is 24.3 Å². The first-order valence-corrected chi connectivity index (χ1v) is 6.87. The molecule has 2 atom stereocenters. The van der Waals surface area contributed by atoms with E-state index in [0.29, 0.717) is 12.1 Å². The monoisotopic (exact) mass is 245 g/mol. The molecular formula is C15H19NS. The number of rotatable bonds is 5. The number of nitrogens with one attached hydrogen (secondary N) is 1. The molecule has 17 heavy (non-hydrogen) atoms. The Morgan fingerprint density at radius 1 is 1.35 bits per heavy atom. The Balaban J connectivity index is 2.13. The summed E-state index contributed by atoms with van der Waals surface area (Å²) >= 11 is 1.88. The standard InChI is InChI=1S/C15H19NS/c1-4-7-11(2)16-12(3)15-10-13-8-5-6-9-14(13)17-15/h4-6,8-12,16H,1,7H2,2-3H3. The van der Waals surface area contributed by atoms with Gasteiger partial charge in [-0.3, -0.25) is 0 Å². The van der Waals surface area contributed by atoms with Crippen molar-refractivity contribution in [3.63, 3.8) is 0 Å². The van der Waals surface area contributed by atoms with Gasteiger partial charge in [0.2, 0.25) is 0 Å². The smallest absolute Gasteiger partial charge is 0.0388 e. The lowest BCUT2D eigenvalue weighted by atomic mass is 10.1. The number of hydrogen-bond donors (Lipinski definition) is 1. The summed E-state index contributed by atoms with van der Waals surface area (Å²) in [6.45, 7) is 8.20. The third-order valence-electron chi connectivity index (χ3n) is 2.93. The van der Waals surface area contributed by atoms with E-state index in [1.165, 1.54) is 15.0 Å². The van der Waals surface area contributed by atoms with Crippen molar-refractivity contribution in [1.82, 2.24) is 5.32 Å². The molecule has 2 rings (SSSR count). The predicted molar refractivity (Wildman–Crippen MR) is 77.7 cm³/mol. The van der Waals surface area contributed by atoms with E-state index in [1.54, 1.807) is 0 Å². The zero-order chi connectivity index (χ0) is 12.3. The first kappa shape index (κ1) is 12.3. The van der Waals surface area contributed by atoms with Gasteiger partial charge in [0.05, 0.1) is 0 Å². The van der Waals surface area contributed by atoms with Crippen molar-refractivity contribution in [2.24, 2.45) is 0 Å². The molecule has 1 heterocycles. The van der Waals surface area contributed by atoms with Crippen LogP contribution in [0.3, 0.4) is 0 Å². The summed E-state index contributed by atoms with van der Waals surface area (Å²) in [5.74, 6) is 0. The van der Waals surface area contributed by atoms with Gasteiger partial charge in [0.15, 0.2) is 0 Å². The molecule has 0 amide bonds. The fourth-order valence-electron chi connectivity index (χ4n) is 2.04. The third kappa shape index (κ3) is 2.96. The lowest BCUT2D eigenvalue weighted by molar-refractivity contribution is 0.487. The molecule has 0 aliphatic heterocycles. The summed E-state index contributed by atoms with van der Waals surface area (Å²) in [4.78, 5) is 1.40. The van der Waals surface area contributed by atoms with Crippen molar-refractivity contribution >= 4 is 21.4 Å². The van der Waals surface area contributed by atoms with E-state index in [2.05, 4.69) is 56.1 Å². The van der Waals surface area contributed by atoms with Gasteiger partial charge in [0.25, 0.3) is 0 Å². The summed E-state index contributed by atoms with van der Waals surface area (Å²) in [5.41, 5.74) is 0. The van der Waals surface area contributed by atoms with Crippen LogP contribution in [0.2, 0.25) is 0 Å². The van der Waals surface area contributed by atoms with Crippen LogP contribution < -0.4 is 5.32 Å². The highest BCUT2D eigenvalue weighted by Crippen LogP contribution is 2.29. The summed E-state index contributed by atoms with van der Waals surface area (Å²) < 4.78 is 1.37. The van der Waals surface area contributed by atoms with Gasteiger partial charge in [-0.15, -0.1) is 17.9 Å². The van der Waals surface area contributed by atoms with Crippen molar-refractivity contribution in [2.45, 2.75) is 32.4 Å². The van der Waals surface area contributed by atoms with Crippen LogP contribution >= 0.6 is 11.3 Å². The second kappa shape index (κ2) is 5.48. The van der Waals surface area contributed by atoms with Gasteiger partial charge in [0.1, 0.15) is 0 Å². The largest absolute Gasteiger partial charge is 0.307 e. The minimum absolute atomic E-state index is 0.405. The summed E-state index contributed by atoms with van der Waals surface area (Å²) in [7, 11) is 0. The molecule has 1 nitrogen and oxygen atoms in total. The molecule has 0 saturated heterocycles. The van der Waals surface area contributed by atoms with E-state index < -0.39 is 0 Å². The van der Waals surface area contributed by atoms with Gasteiger partial charge < -0.3 is 5.32 Å². The zero-order valence-corrected chi connectivity index (χ0v) is 11.3. The van der Waals surface area contributed by atoms with Gasteiger partial charge in [-0.05, 0) is 37.8 Å². The van der Waals surface area contributed by atoms with Crippen LogP contribution in [-0.2, 0) is 0 Å². The molecule has 0 bridgehead atoms. The van der Waals surface area contributed by atoms with Gasteiger partial charge in [-0.25, -0.2) is 0 Å². The molecule has 1 N–H and O–H groups in total. The molecule has 0 radical (unpaired) electrons. The number of thiophene rings is 1. The second-order valence-corrected chi connectivity index (χ2v) is 5.62. The Morgan fingerprint density at radius 2 is 2.12 bits per heavy atom. The SMILES string of the molecule is C=CCC(C)NC(C)c1cc2ccccc2s1. The van der Waals surface area contributed by atoms with Crippen LogP contribution in [-0.4, -0.2) is 6.04 Å². The first-order valence-electron chi connectivity index (χ1n) is 6.06. The minimum Gasteiger partial charge on any atom is -0.307 e. The fraction of sp³-hybridized carbons (Fsp3) is 0.333. The van der Waals surface area contributed by atoms with Crippen LogP contribution in [0.1, 0.15) is 31.2 Å². The van der Waals surface area contributed by atoms with E-state index >= 15 is 0 Å². The molecule has 0 aliphatic carbocycles. The van der Waals surface area contributed by atoms with Gasteiger partial charge in [-0.2, -0.15) is 0 Å². The highest BCUT2D eigenvalue weighted by atomic mass is 32.1. The van der Waals surface area contributed by atoms with Crippen LogP contribution in [0, 0.1) is 0 Å². The second-order valence-electron chi connectivity index (χ2n) is 4.50. The maximum atomic E-state index is 3.78. The number of fused-ring (bicyclic) bond motifs is 1. The van der Waals surface area contributed by atoms with Crippen LogP contribution in [0.15, 0.2) is 43.0 Å². The van der Waals surface area contributed by atoms with E-state index in [1.807, 2.05) is 17.4 Å². The third-order valence-corrected chi connectivity index (χ3v) is 4.22. The van der Waals surface area contributed by atoms with Crippen LogP contribution in [0.5, 0.6) is 0 Å². The predicted octanol–water partition coefficient (Wildman–Crippen LogP) is 4.52. The van der Waals surface area contributed by atoms with Crippen molar-refractivity contribution < 1.29 is 0 Å². The summed E-state index contributed by atoms with van der Waals surface area (Å²) in [6.07, 6.45) is 2.98. The Morgan fingerprint density at radius 3 is 2.82 bits per heavy atom. The highest BCUT2D eigenvalue weighted by molar-refractivity contribution is 7.19. The summed E-state index contributed by atoms with van der Waals surface area (Å²) in [5, 5.41) is 4.94. The average molecular weight is 245 g/mol. The maximum Gasteiger partial charge on any atom is 0.0388 e. The number of benzene rings is 1. The Labute approximate surface area is 107 Å². The molecule has 1 aromatic heterocycles. The molecule has 0 aliphatic rings. The maximum absolute atomic E-state index is 3.78. The summed E-state index contributed by atoms with van der Waals surface area (Å²) in [6, 6.07) is 11.7.